The summed E-state index contributed by atoms with van der Waals surface area (Å²) < 4.78 is 10.1. The van der Waals surface area contributed by atoms with E-state index in [-0.39, 0.29) is 12.5 Å². The molecule has 0 saturated heterocycles. The van der Waals surface area contributed by atoms with Crippen LogP contribution in [0.1, 0.15) is 17.2 Å². The maximum atomic E-state index is 12.5. The van der Waals surface area contributed by atoms with Gasteiger partial charge in [0.2, 0.25) is 0 Å². The van der Waals surface area contributed by atoms with E-state index in [0.717, 1.165) is 5.56 Å². The van der Waals surface area contributed by atoms with Crippen molar-refractivity contribution >= 4 is 11.9 Å². The van der Waals surface area contributed by atoms with Crippen LogP contribution in [0.25, 0.3) is 0 Å². The lowest BCUT2D eigenvalue weighted by Crippen LogP contribution is -2.49. The van der Waals surface area contributed by atoms with Crippen LogP contribution in [0, 0.1) is 0 Å². The second-order valence-electron chi connectivity index (χ2n) is 4.90. The van der Waals surface area contributed by atoms with Gasteiger partial charge in [-0.3, -0.25) is 4.79 Å². The first-order valence-corrected chi connectivity index (χ1v) is 6.73. The van der Waals surface area contributed by atoms with Crippen molar-refractivity contribution in [3.05, 3.63) is 35.4 Å². The highest BCUT2D eigenvalue weighted by Gasteiger charge is 2.38. The van der Waals surface area contributed by atoms with Crippen LogP contribution in [0.4, 0.5) is 0 Å². The summed E-state index contributed by atoms with van der Waals surface area (Å²) in [7, 11) is 2.88. The van der Waals surface area contributed by atoms with Crippen LogP contribution >= 0.6 is 0 Å². The van der Waals surface area contributed by atoms with Gasteiger partial charge in [0.1, 0.15) is 0 Å². The van der Waals surface area contributed by atoms with E-state index in [1.165, 1.54) is 19.1 Å². The minimum absolute atomic E-state index is 0.0970. The number of nitrogens with zero attached hydrogens (tertiary/aromatic N) is 1. The fourth-order valence-electron chi connectivity index (χ4n) is 2.65. The SMILES string of the molecule is COCC(OC)C(=O)N1CCc2ccccc2C1C(=O)O. The number of ether oxygens (including phenoxy) is 2. The van der Waals surface area contributed by atoms with Crippen molar-refractivity contribution in [1.29, 1.82) is 0 Å². The van der Waals surface area contributed by atoms with E-state index in [9.17, 15) is 14.7 Å². The first-order chi connectivity index (χ1) is 10.1. The Bertz CT molecular complexity index is 531. The van der Waals surface area contributed by atoms with Gasteiger partial charge in [0.05, 0.1) is 6.61 Å². The molecule has 1 aromatic rings. The average Bonchev–Trinajstić information content (AvgIpc) is 2.50. The lowest BCUT2D eigenvalue weighted by molar-refractivity contribution is -0.158. The fourth-order valence-corrected chi connectivity index (χ4v) is 2.65. The topological polar surface area (TPSA) is 76.1 Å². The Kier molecular flexibility index (Phi) is 4.93. The molecule has 0 saturated carbocycles. The summed E-state index contributed by atoms with van der Waals surface area (Å²) in [6.45, 7) is 0.455. The van der Waals surface area contributed by atoms with E-state index in [2.05, 4.69) is 0 Å². The molecule has 0 aromatic heterocycles. The first kappa shape index (κ1) is 15.5. The molecule has 0 bridgehead atoms. The van der Waals surface area contributed by atoms with Crippen LogP contribution in [0.2, 0.25) is 0 Å². The second-order valence-corrected chi connectivity index (χ2v) is 4.90. The molecule has 6 heteroatoms. The maximum Gasteiger partial charge on any atom is 0.331 e. The van der Waals surface area contributed by atoms with Crippen molar-refractivity contribution in [3.63, 3.8) is 0 Å². The van der Waals surface area contributed by atoms with Crippen LogP contribution in [0.5, 0.6) is 0 Å². The smallest absolute Gasteiger partial charge is 0.331 e. The van der Waals surface area contributed by atoms with Gasteiger partial charge in [0.25, 0.3) is 5.91 Å². The number of hydrogen-bond donors (Lipinski definition) is 1. The molecule has 1 aliphatic rings. The van der Waals surface area contributed by atoms with Gasteiger partial charge >= 0.3 is 5.97 Å². The molecule has 1 N–H and O–H groups in total. The van der Waals surface area contributed by atoms with Crippen molar-refractivity contribution in [1.82, 2.24) is 4.90 Å². The Morgan fingerprint density at radius 1 is 1.38 bits per heavy atom. The number of fused-ring (bicyclic) bond motifs is 1. The average molecular weight is 293 g/mol. The molecule has 6 nitrogen and oxygen atoms in total. The number of carbonyl (C=O) groups excluding carboxylic acids is 1. The third-order valence-electron chi connectivity index (χ3n) is 3.68. The Labute approximate surface area is 123 Å². The molecular formula is C15H19NO5. The minimum atomic E-state index is -1.04. The van der Waals surface area contributed by atoms with Crippen LogP contribution < -0.4 is 0 Å². The molecule has 0 aliphatic carbocycles. The summed E-state index contributed by atoms with van der Waals surface area (Å²) >= 11 is 0. The van der Waals surface area contributed by atoms with Gasteiger partial charge in [-0.25, -0.2) is 4.79 Å². The summed E-state index contributed by atoms with van der Waals surface area (Å²) in [6.07, 6.45) is -0.156. The number of methoxy groups -OCH3 is 2. The van der Waals surface area contributed by atoms with E-state index in [4.69, 9.17) is 9.47 Å². The largest absolute Gasteiger partial charge is 0.479 e. The van der Waals surface area contributed by atoms with Crippen LogP contribution in [-0.2, 0) is 25.5 Å². The highest BCUT2D eigenvalue weighted by molar-refractivity contribution is 5.88. The van der Waals surface area contributed by atoms with E-state index in [1.54, 1.807) is 12.1 Å². The Hall–Kier alpha value is -1.92. The van der Waals surface area contributed by atoms with Crippen LogP contribution in [0.15, 0.2) is 24.3 Å². The Balaban J connectivity index is 2.32. The van der Waals surface area contributed by atoms with Crippen LogP contribution in [0.3, 0.4) is 0 Å². The quantitative estimate of drug-likeness (QED) is 0.871. The number of rotatable bonds is 5. The van der Waals surface area contributed by atoms with Crippen molar-refractivity contribution < 1.29 is 24.2 Å². The van der Waals surface area contributed by atoms with Gasteiger partial charge in [-0.05, 0) is 17.5 Å². The molecule has 1 aromatic carbocycles. The van der Waals surface area contributed by atoms with E-state index >= 15 is 0 Å². The molecule has 1 aliphatic heterocycles. The van der Waals surface area contributed by atoms with Crippen molar-refractivity contribution in [2.75, 3.05) is 27.4 Å². The number of carboxylic acid groups (broad SMARTS) is 1. The maximum absolute atomic E-state index is 12.5. The summed E-state index contributed by atoms with van der Waals surface area (Å²) in [5.74, 6) is -1.40. The Morgan fingerprint density at radius 2 is 2.10 bits per heavy atom. The van der Waals surface area contributed by atoms with Crippen molar-refractivity contribution in [2.45, 2.75) is 18.6 Å². The highest BCUT2D eigenvalue weighted by atomic mass is 16.5. The molecule has 2 unspecified atom stereocenters. The van der Waals surface area contributed by atoms with Gasteiger partial charge in [0.15, 0.2) is 12.1 Å². The molecule has 2 atom stereocenters. The first-order valence-electron chi connectivity index (χ1n) is 6.73. The minimum Gasteiger partial charge on any atom is -0.479 e. The summed E-state index contributed by atoms with van der Waals surface area (Å²) in [6, 6.07) is 6.34. The molecule has 0 radical (unpaired) electrons. The molecule has 114 valence electrons. The molecule has 21 heavy (non-hydrogen) atoms. The lowest BCUT2D eigenvalue weighted by atomic mass is 9.92. The monoisotopic (exact) mass is 293 g/mol. The molecule has 2 rings (SSSR count). The van der Waals surface area contributed by atoms with Crippen molar-refractivity contribution in [3.8, 4) is 0 Å². The standard InChI is InChI=1S/C15H19NO5/c1-20-9-12(21-2)14(17)16-8-7-10-5-3-4-6-11(10)13(16)15(18)19/h3-6,12-13H,7-9H2,1-2H3,(H,18,19). The van der Waals surface area contributed by atoms with E-state index in [1.807, 2.05) is 12.1 Å². The summed E-state index contributed by atoms with van der Waals surface area (Å²) in [4.78, 5) is 25.5. The predicted molar refractivity (Wildman–Crippen MR) is 74.9 cm³/mol. The zero-order chi connectivity index (χ0) is 15.4. The zero-order valence-electron chi connectivity index (χ0n) is 12.1. The van der Waals surface area contributed by atoms with Crippen molar-refractivity contribution in [2.24, 2.45) is 0 Å². The third kappa shape index (κ3) is 3.06. The zero-order valence-corrected chi connectivity index (χ0v) is 12.1. The number of amides is 1. The second kappa shape index (κ2) is 6.69. The third-order valence-corrected chi connectivity index (χ3v) is 3.68. The molecule has 1 heterocycles. The number of benzene rings is 1. The lowest BCUT2D eigenvalue weighted by Gasteiger charge is -2.36. The molecular weight excluding hydrogens is 274 g/mol. The Morgan fingerprint density at radius 3 is 2.71 bits per heavy atom. The van der Waals surface area contributed by atoms with Crippen LogP contribution in [-0.4, -0.2) is 55.4 Å². The predicted octanol–water partition coefficient (Wildman–Crippen LogP) is 0.858. The summed E-state index contributed by atoms with van der Waals surface area (Å²) in [5.41, 5.74) is 1.63. The summed E-state index contributed by atoms with van der Waals surface area (Å²) in [5, 5.41) is 9.52. The number of carbonyl (C=O) groups is 2. The van der Waals surface area contributed by atoms with Gasteiger partial charge < -0.3 is 19.5 Å². The van der Waals surface area contributed by atoms with Gasteiger partial charge in [-0.1, -0.05) is 24.3 Å². The van der Waals surface area contributed by atoms with E-state index in [0.29, 0.717) is 18.5 Å². The molecule has 0 spiro atoms. The van der Waals surface area contributed by atoms with Gasteiger partial charge in [-0.2, -0.15) is 0 Å². The molecule has 1 amide bonds. The number of carboxylic acids is 1. The fraction of sp³-hybridized carbons (Fsp3) is 0.467. The number of hydrogen-bond acceptors (Lipinski definition) is 4. The van der Waals surface area contributed by atoms with E-state index < -0.39 is 18.1 Å². The molecule has 0 fully saturated rings. The van der Waals surface area contributed by atoms with Gasteiger partial charge in [-0.15, -0.1) is 0 Å². The number of aliphatic carboxylic acids is 1. The highest BCUT2D eigenvalue weighted by Crippen LogP contribution is 2.30. The normalized spacial score (nSPS) is 19.0. The van der Waals surface area contributed by atoms with Gasteiger partial charge in [0, 0.05) is 20.8 Å².